The number of nitrogens with one attached hydrogen (secondary N) is 2. The predicted molar refractivity (Wildman–Crippen MR) is 105 cm³/mol. The molecule has 34 heavy (non-hydrogen) atoms. The molecule has 1 fully saturated rings. The van der Waals surface area contributed by atoms with Crippen LogP contribution in [0.5, 0.6) is 5.75 Å². The highest BCUT2D eigenvalue weighted by Crippen LogP contribution is 2.35. The number of amides is 4. The third kappa shape index (κ3) is 4.77. The molecule has 1 aliphatic rings. The Hall–Kier alpha value is -3.77. The lowest BCUT2D eigenvalue weighted by Crippen LogP contribution is -2.69. The van der Waals surface area contributed by atoms with Crippen molar-refractivity contribution in [3.05, 3.63) is 65.2 Å². The van der Waals surface area contributed by atoms with Gasteiger partial charge in [-0.3, -0.25) is 19.8 Å². The summed E-state index contributed by atoms with van der Waals surface area (Å²) in [5, 5.41) is 2.83. The lowest BCUT2D eigenvalue weighted by atomic mass is 10.1. The molecule has 1 aliphatic heterocycles. The number of hydrogen-bond donors (Lipinski definition) is 2. The molecule has 0 saturated carbocycles. The molecule has 4 amide bonds. The van der Waals surface area contributed by atoms with Crippen molar-refractivity contribution in [2.75, 3.05) is 13.7 Å². The second-order valence-corrected chi connectivity index (χ2v) is 7.27. The molecular formula is C21H17F6N3O4. The van der Waals surface area contributed by atoms with Crippen LogP contribution >= 0.6 is 0 Å². The Morgan fingerprint density at radius 2 is 1.71 bits per heavy atom. The van der Waals surface area contributed by atoms with Crippen molar-refractivity contribution in [1.29, 1.82) is 0 Å². The van der Waals surface area contributed by atoms with E-state index in [9.17, 15) is 40.7 Å². The zero-order valence-electron chi connectivity index (χ0n) is 17.4. The van der Waals surface area contributed by atoms with E-state index in [1.165, 1.54) is 17.7 Å². The zero-order valence-corrected chi connectivity index (χ0v) is 17.4. The van der Waals surface area contributed by atoms with Crippen LogP contribution in [0.3, 0.4) is 0 Å². The van der Waals surface area contributed by atoms with Crippen molar-refractivity contribution in [1.82, 2.24) is 15.5 Å². The molecule has 0 bridgehead atoms. The van der Waals surface area contributed by atoms with Crippen LogP contribution in [0, 0.1) is 0 Å². The molecule has 0 aromatic heterocycles. The molecule has 0 spiro atoms. The first-order valence-corrected chi connectivity index (χ1v) is 9.62. The van der Waals surface area contributed by atoms with Gasteiger partial charge in [0.2, 0.25) is 0 Å². The third-order valence-electron chi connectivity index (χ3n) is 5.07. The number of nitrogens with zero attached hydrogens (tertiary/aromatic N) is 1. The topological polar surface area (TPSA) is 87.7 Å². The van der Waals surface area contributed by atoms with Crippen molar-refractivity contribution in [3.8, 4) is 5.75 Å². The maximum atomic E-state index is 13.9. The average molecular weight is 489 g/mol. The van der Waals surface area contributed by atoms with E-state index in [0.29, 0.717) is 23.4 Å². The number of alkyl halides is 6. The highest BCUT2D eigenvalue weighted by atomic mass is 19.4. The molecular weight excluding hydrogens is 472 g/mol. The van der Waals surface area contributed by atoms with E-state index in [4.69, 9.17) is 4.74 Å². The van der Waals surface area contributed by atoms with Gasteiger partial charge >= 0.3 is 18.4 Å². The van der Waals surface area contributed by atoms with Crippen LogP contribution in [0.2, 0.25) is 0 Å². The Bertz CT molecular complexity index is 1100. The number of ether oxygens (including phenoxy) is 1. The standard InChI is InChI=1S/C21H17F6N3O4/c1-34-15-7-5-12(6-8-15)9-10-30-17(32)19(21(25,26)27,29-18(30)33)28-16(31)13-3-2-4-14(11-13)20(22,23)24/h2-8,11H,9-10H2,1H3,(H,28,31)(H,29,33). The molecule has 3 rings (SSSR count). The van der Waals surface area contributed by atoms with Gasteiger partial charge in [0.15, 0.2) is 0 Å². The number of methoxy groups -OCH3 is 1. The van der Waals surface area contributed by atoms with E-state index in [2.05, 4.69) is 0 Å². The fraction of sp³-hybridized carbons (Fsp3) is 0.286. The largest absolute Gasteiger partial charge is 0.497 e. The molecule has 1 unspecified atom stereocenters. The molecule has 1 atom stereocenters. The molecule has 0 radical (unpaired) electrons. The Morgan fingerprint density at radius 1 is 1.06 bits per heavy atom. The number of imide groups is 1. The molecule has 1 heterocycles. The summed E-state index contributed by atoms with van der Waals surface area (Å²) in [6, 6.07) is 7.55. The van der Waals surface area contributed by atoms with Gasteiger partial charge in [-0.15, -0.1) is 0 Å². The fourth-order valence-corrected chi connectivity index (χ4v) is 3.24. The van der Waals surface area contributed by atoms with Crippen molar-refractivity contribution < 1.29 is 45.5 Å². The number of halogens is 6. The Kier molecular flexibility index (Phi) is 6.49. The number of urea groups is 1. The van der Waals surface area contributed by atoms with Crippen molar-refractivity contribution in [3.63, 3.8) is 0 Å². The summed E-state index contributed by atoms with van der Waals surface area (Å²) in [4.78, 5) is 37.7. The van der Waals surface area contributed by atoms with Crippen LogP contribution in [0.4, 0.5) is 31.1 Å². The molecule has 1 saturated heterocycles. The van der Waals surface area contributed by atoms with Gasteiger partial charge in [-0.05, 0) is 42.3 Å². The normalized spacial score (nSPS) is 18.6. The monoisotopic (exact) mass is 489 g/mol. The van der Waals surface area contributed by atoms with Crippen LogP contribution in [-0.2, 0) is 17.4 Å². The van der Waals surface area contributed by atoms with E-state index in [-0.39, 0.29) is 11.3 Å². The quantitative estimate of drug-likeness (QED) is 0.481. The zero-order chi connectivity index (χ0) is 25.3. The molecule has 2 N–H and O–H groups in total. The second-order valence-electron chi connectivity index (χ2n) is 7.27. The van der Waals surface area contributed by atoms with Crippen molar-refractivity contribution in [2.45, 2.75) is 24.4 Å². The number of carbonyl (C=O) groups excluding carboxylic acids is 3. The Morgan fingerprint density at radius 3 is 2.26 bits per heavy atom. The summed E-state index contributed by atoms with van der Waals surface area (Å²) in [6.07, 6.45) is -10.3. The SMILES string of the molecule is COc1ccc(CCN2C(=O)NC(NC(=O)c3cccc(C(F)(F)F)c3)(C(F)(F)F)C2=O)cc1. The van der Waals surface area contributed by atoms with Crippen LogP contribution < -0.4 is 15.4 Å². The van der Waals surface area contributed by atoms with Crippen LogP contribution in [0.15, 0.2) is 48.5 Å². The van der Waals surface area contributed by atoms with Crippen molar-refractivity contribution in [2.24, 2.45) is 0 Å². The molecule has 2 aromatic rings. The second kappa shape index (κ2) is 8.88. The molecule has 182 valence electrons. The van der Waals surface area contributed by atoms with Gasteiger partial charge in [-0.2, -0.15) is 26.3 Å². The molecule has 0 aliphatic carbocycles. The first kappa shape index (κ1) is 24.9. The Balaban J connectivity index is 1.83. The maximum Gasteiger partial charge on any atom is 0.440 e. The van der Waals surface area contributed by atoms with Gasteiger partial charge in [0, 0.05) is 12.1 Å². The maximum absolute atomic E-state index is 13.9. The van der Waals surface area contributed by atoms with E-state index in [0.717, 1.165) is 12.1 Å². The number of hydrogen-bond acceptors (Lipinski definition) is 4. The first-order valence-electron chi connectivity index (χ1n) is 9.62. The van der Waals surface area contributed by atoms with Gasteiger partial charge in [-0.1, -0.05) is 18.2 Å². The summed E-state index contributed by atoms with van der Waals surface area (Å²) in [7, 11) is 1.44. The highest BCUT2D eigenvalue weighted by molar-refractivity contribution is 6.10. The highest BCUT2D eigenvalue weighted by Gasteiger charge is 2.68. The van der Waals surface area contributed by atoms with E-state index in [1.54, 1.807) is 24.3 Å². The summed E-state index contributed by atoms with van der Waals surface area (Å²) in [5.41, 5.74) is -5.31. The summed E-state index contributed by atoms with van der Waals surface area (Å²) < 4.78 is 85.5. The summed E-state index contributed by atoms with van der Waals surface area (Å²) in [5.74, 6) is -2.92. The summed E-state index contributed by atoms with van der Waals surface area (Å²) in [6.45, 7) is -0.450. The number of benzene rings is 2. The number of carbonyl (C=O) groups is 3. The van der Waals surface area contributed by atoms with Crippen LogP contribution in [-0.4, -0.2) is 48.2 Å². The van der Waals surface area contributed by atoms with Gasteiger partial charge in [-0.25, -0.2) is 4.79 Å². The predicted octanol–water partition coefficient (Wildman–Crippen LogP) is 3.50. The van der Waals surface area contributed by atoms with E-state index in [1.807, 2.05) is 0 Å². The van der Waals surface area contributed by atoms with E-state index < -0.39 is 53.5 Å². The van der Waals surface area contributed by atoms with Crippen LogP contribution in [0.1, 0.15) is 21.5 Å². The lowest BCUT2D eigenvalue weighted by molar-refractivity contribution is -0.200. The minimum absolute atomic E-state index is 0.00132. The average Bonchev–Trinajstić information content (AvgIpc) is 3.02. The summed E-state index contributed by atoms with van der Waals surface area (Å²) >= 11 is 0. The smallest absolute Gasteiger partial charge is 0.440 e. The van der Waals surface area contributed by atoms with E-state index >= 15 is 0 Å². The first-order chi connectivity index (χ1) is 15.8. The van der Waals surface area contributed by atoms with Gasteiger partial charge in [0.05, 0.1) is 12.7 Å². The van der Waals surface area contributed by atoms with Gasteiger partial charge in [0.1, 0.15) is 5.75 Å². The van der Waals surface area contributed by atoms with Gasteiger partial charge < -0.3 is 10.1 Å². The lowest BCUT2D eigenvalue weighted by Gasteiger charge is -2.30. The molecule has 2 aromatic carbocycles. The molecule has 13 heteroatoms. The molecule has 7 nitrogen and oxygen atoms in total. The fourth-order valence-electron chi connectivity index (χ4n) is 3.24. The Labute approximate surface area is 188 Å². The van der Waals surface area contributed by atoms with Crippen LogP contribution in [0.25, 0.3) is 0 Å². The van der Waals surface area contributed by atoms with Gasteiger partial charge in [0.25, 0.3) is 17.5 Å². The third-order valence-corrected chi connectivity index (χ3v) is 5.07. The minimum atomic E-state index is -5.49. The minimum Gasteiger partial charge on any atom is -0.497 e. The van der Waals surface area contributed by atoms with Crippen molar-refractivity contribution >= 4 is 17.8 Å². The number of rotatable bonds is 6.